The van der Waals surface area contributed by atoms with Crippen molar-refractivity contribution in [3.8, 4) is 0 Å². The van der Waals surface area contributed by atoms with Crippen molar-refractivity contribution < 1.29 is 13.9 Å². The average molecular weight is 282 g/mol. The SMILES string of the molecule is CC(CNC(=O)OC(C)(C)C)NCc1ccc(F)cc1. The maximum Gasteiger partial charge on any atom is 0.407 e. The summed E-state index contributed by atoms with van der Waals surface area (Å²) in [5.74, 6) is -0.242. The Kier molecular flexibility index (Phi) is 5.95. The lowest BCUT2D eigenvalue weighted by Crippen LogP contribution is -2.40. The summed E-state index contributed by atoms with van der Waals surface area (Å²) < 4.78 is 17.9. The van der Waals surface area contributed by atoms with Gasteiger partial charge in [0.05, 0.1) is 0 Å². The minimum atomic E-state index is -0.491. The van der Waals surface area contributed by atoms with Crippen LogP contribution in [-0.4, -0.2) is 24.3 Å². The summed E-state index contributed by atoms with van der Waals surface area (Å²) in [7, 11) is 0. The Morgan fingerprint density at radius 2 is 1.90 bits per heavy atom. The maximum absolute atomic E-state index is 12.7. The molecule has 0 aliphatic carbocycles. The molecule has 0 radical (unpaired) electrons. The Bertz CT molecular complexity index is 426. The van der Waals surface area contributed by atoms with Crippen LogP contribution in [0, 0.1) is 5.82 Å². The molecule has 0 saturated heterocycles. The molecule has 0 fully saturated rings. The predicted molar refractivity (Wildman–Crippen MR) is 76.9 cm³/mol. The van der Waals surface area contributed by atoms with Gasteiger partial charge in [0.25, 0.3) is 0 Å². The van der Waals surface area contributed by atoms with E-state index in [0.717, 1.165) is 5.56 Å². The van der Waals surface area contributed by atoms with E-state index in [2.05, 4.69) is 10.6 Å². The third kappa shape index (κ3) is 7.09. The molecule has 0 aliphatic rings. The first kappa shape index (κ1) is 16.4. The molecule has 0 bridgehead atoms. The second kappa shape index (κ2) is 7.24. The largest absolute Gasteiger partial charge is 0.444 e. The van der Waals surface area contributed by atoms with Crippen LogP contribution in [0.4, 0.5) is 9.18 Å². The van der Waals surface area contributed by atoms with Crippen molar-refractivity contribution in [2.45, 2.75) is 45.9 Å². The average Bonchev–Trinajstić information content (AvgIpc) is 2.33. The zero-order valence-corrected chi connectivity index (χ0v) is 12.5. The van der Waals surface area contributed by atoms with Crippen molar-refractivity contribution in [1.82, 2.24) is 10.6 Å². The standard InChI is InChI=1S/C15H23FN2O2/c1-11(9-18-14(19)20-15(2,3)4)17-10-12-5-7-13(16)8-6-12/h5-8,11,17H,9-10H2,1-4H3,(H,18,19). The van der Waals surface area contributed by atoms with Gasteiger partial charge in [-0.15, -0.1) is 0 Å². The Hall–Kier alpha value is -1.62. The number of hydrogen-bond acceptors (Lipinski definition) is 3. The van der Waals surface area contributed by atoms with Gasteiger partial charge in [-0.25, -0.2) is 9.18 Å². The smallest absolute Gasteiger partial charge is 0.407 e. The van der Waals surface area contributed by atoms with E-state index < -0.39 is 11.7 Å². The van der Waals surface area contributed by atoms with E-state index in [0.29, 0.717) is 13.1 Å². The van der Waals surface area contributed by atoms with E-state index in [1.165, 1.54) is 12.1 Å². The lowest BCUT2D eigenvalue weighted by atomic mass is 10.2. The molecule has 5 heteroatoms. The minimum Gasteiger partial charge on any atom is -0.444 e. The molecule has 0 spiro atoms. The molecule has 1 unspecified atom stereocenters. The number of alkyl carbamates (subject to hydrolysis) is 1. The highest BCUT2D eigenvalue weighted by molar-refractivity contribution is 5.67. The molecule has 112 valence electrons. The van der Waals surface area contributed by atoms with Crippen molar-refractivity contribution in [1.29, 1.82) is 0 Å². The van der Waals surface area contributed by atoms with Gasteiger partial charge in [-0.3, -0.25) is 0 Å². The van der Waals surface area contributed by atoms with Crippen LogP contribution in [0.2, 0.25) is 0 Å². The van der Waals surface area contributed by atoms with Gasteiger partial charge >= 0.3 is 6.09 Å². The fourth-order valence-corrected chi connectivity index (χ4v) is 1.52. The number of rotatable bonds is 5. The van der Waals surface area contributed by atoms with Gasteiger partial charge in [0.15, 0.2) is 0 Å². The summed E-state index contributed by atoms with van der Waals surface area (Å²) in [6.07, 6.45) is -0.423. The summed E-state index contributed by atoms with van der Waals surface area (Å²) in [5, 5.41) is 5.94. The quantitative estimate of drug-likeness (QED) is 0.873. The monoisotopic (exact) mass is 282 g/mol. The molecule has 0 heterocycles. The number of carbonyl (C=O) groups is 1. The maximum atomic E-state index is 12.7. The number of benzene rings is 1. The van der Waals surface area contributed by atoms with Crippen LogP contribution in [-0.2, 0) is 11.3 Å². The van der Waals surface area contributed by atoms with Crippen LogP contribution in [0.5, 0.6) is 0 Å². The highest BCUT2D eigenvalue weighted by atomic mass is 19.1. The first-order valence-corrected chi connectivity index (χ1v) is 6.71. The molecule has 4 nitrogen and oxygen atoms in total. The predicted octanol–water partition coefficient (Wildman–Crippen LogP) is 2.83. The van der Waals surface area contributed by atoms with E-state index in [1.54, 1.807) is 12.1 Å². The van der Waals surface area contributed by atoms with Crippen LogP contribution in [0.25, 0.3) is 0 Å². The normalized spacial score (nSPS) is 12.8. The molecule has 1 rings (SSSR count). The van der Waals surface area contributed by atoms with Crippen LogP contribution in [0.15, 0.2) is 24.3 Å². The van der Waals surface area contributed by atoms with Crippen LogP contribution < -0.4 is 10.6 Å². The number of amides is 1. The van der Waals surface area contributed by atoms with Gasteiger partial charge < -0.3 is 15.4 Å². The molecular formula is C15H23FN2O2. The van der Waals surface area contributed by atoms with E-state index in [9.17, 15) is 9.18 Å². The Morgan fingerprint density at radius 3 is 2.45 bits per heavy atom. The molecule has 0 aromatic heterocycles. The third-order valence-electron chi connectivity index (χ3n) is 2.52. The fourth-order valence-electron chi connectivity index (χ4n) is 1.52. The Labute approximate surface area is 119 Å². The summed E-state index contributed by atoms with van der Waals surface area (Å²) in [4.78, 5) is 11.5. The van der Waals surface area contributed by atoms with Crippen molar-refractivity contribution >= 4 is 6.09 Å². The molecule has 1 aromatic carbocycles. The highest BCUT2D eigenvalue weighted by Crippen LogP contribution is 2.06. The summed E-state index contributed by atoms with van der Waals surface area (Å²) in [5.41, 5.74) is 0.505. The lowest BCUT2D eigenvalue weighted by molar-refractivity contribution is 0.0523. The molecule has 2 N–H and O–H groups in total. The molecular weight excluding hydrogens is 259 g/mol. The number of nitrogens with one attached hydrogen (secondary N) is 2. The third-order valence-corrected chi connectivity index (χ3v) is 2.52. The van der Waals surface area contributed by atoms with Crippen LogP contribution >= 0.6 is 0 Å². The Balaban J connectivity index is 2.25. The minimum absolute atomic E-state index is 0.0903. The molecule has 1 aromatic rings. The zero-order chi connectivity index (χ0) is 15.2. The highest BCUT2D eigenvalue weighted by Gasteiger charge is 2.16. The van der Waals surface area contributed by atoms with Crippen LogP contribution in [0.1, 0.15) is 33.3 Å². The second-order valence-electron chi connectivity index (χ2n) is 5.79. The van der Waals surface area contributed by atoms with Crippen molar-refractivity contribution in [3.63, 3.8) is 0 Å². The van der Waals surface area contributed by atoms with Crippen molar-refractivity contribution in [2.75, 3.05) is 6.54 Å². The number of hydrogen-bond donors (Lipinski definition) is 2. The number of halogens is 1. The van der Waals surface area contributed by atoms with Gasteiger partial charge in [-0.05, 0) is 45.4 Å². The molecule has 20 heavy (non-hydrogen) atoms. The lowest BCUT2D eigenvalue weighted by Gasteiger charge is -2.21. The summed E-state index contributed by atoms with van der Waals surface area (Å²) in [6, 6.07) is 6.42. The zero-order valence-electron chi connectivity index (χ0n) is 12.5. The number of carbonyl (C=O) groups excluding carboxylic acids is 1. The second-order valence-corrected chi connectivity index (χ2v) is 5.79. The van der Waals surface area contributed by atoms with E-state index >= 15 is 0 Å². The van der Waals surface area contributed by atoms with E-state index in [4.69, 9.17) is 4.74 Å². The van der Waals surface area contributed by atoms with Gasteiger partial charge in [-0.1, -0.05) is 12.1 Å². The topological polar surface area (TPSA) is 50.4 Å². The van der Waals surface area contributed by atoms with Crippen molar-refractivity contribution in [2.24, 2.45) is 0 Å². The summed E-state index contributed by atoms with van der Waals surface area (Å²) >= 11 is 0. The van der Waals surface area contributed by atoms with Crippen molar-refractivity contribution in [3.05, 3.63) is 35.6 Å². The molecule has 1 atom stereocenters. The summed E-state index contributed by atoms with van der Waals surface area (Å²) in [6.45, 7) is 8.52. The van der Waals surface area contributed by atoms with Crippen LogP contribution in [0.3, 0.4) is 0 Å². The molecule has 1 amide bonds. The van der Waals surface area contributed by atoms with Gasteiger partial charge in [0, 0.05) is 19.1 Å². The number of ether oxygens (including phenoxy) is 1. The van der Waals surface area contributed by atoms with Gasteiger partial charge in [0.2, 0.25) is 0 Å². The van der Waals surface area contributed by atoms with Gasteiger partial charge in [-0.2, -0.15) is 0 Å². The van der Waals surface area contributed by atoms with E-state index in [-0.39, 0.29) is 11.9 Å². The molecule has 0 saturated carbocycles. The molecule has 0 aliphatic heterocycles. The van der Waals surface area contributed by atoms with E-state index in [1.807, 2.05) is 27.7 Å². The first-order chi connectivity index (χ1) is 9.26. The van der Waals surface area contributed by atoms with Gasteiger partial charge in [0.1, 0.15) is 11.4 Å². The first-order valence-electron chi connectivity index (χ1n) is 6.71. The fraction of sp³-hybridized carbons (Fsp3) is 0.533. The Morgan fingerprint density at radius 1 is 1.30 bits per heavy atom.